The summed E-state index contributed by atoms with van der Waals surface area (Å²) in [4.78, 5) is 30.7. The Morgan fingerprint density at radius 2 is 1.93 bits per heavy atom. The lowest BCUT2D eigenvalue weighted by molar-refractivity contribution is -0.136. The first-order chi connectivity index (χ1) is 13.4. The number of unbranched alkanes of at least 4 members (excludes halogenated alkanes) is 1. The van der Waals surface area contributed by atoms with Gasteiger partial charge in [0.15, 0.2) is 0 Å². The maximum Gasteiger partial charge on any atom is 0.253 e. The van der Waals surface area contributed by atoms with Crippen LogP contribution in [0.1, 0.15) is 86.6 Å². The zero-order valence-electron chi connectivity index (χ0n) is 19.5. The zero-order valence-corrected chi connectivity index (χ0v) is 20.3. The van der Waals surface area contributed by atoms with Gasteiger partial charge in [0.1, 0.15) is 4.67 Å². The summed E-state index contributed by atoms with van der Waals surface area (Å²) in [5.74, 6) is -0.191. The van der Waals surface area contributed by atoms with Gasteiger partial charge in [-0.2, -0.15) is 0 Å². The predicted octanol–water partition coefficient (Wildman–Crippen LogP) is 4.65. The van der Waals surface area contributed by atoms with Gasteiger partial charge in [-0.3, -0.25) is 13.5 Å². The third-order valence-electron chi connectivity index (χ3n) is 6.76. The van der Waals surface area contributed by atoms with E-state index in [0.717, 1.165) is 35.9 Å². The minimum atomic E-state index is -0.638. The molecule has 0 bridgehead atoms. The molecule has 1 aliphatic rings. The Bertz CT molecular complexity index is 813. The van der Waals surface area contributed by atoms with Gasteiger partial charge >= 0.3 is 0 Å². The lowest BCUT2D eigenvalue weighted by Crippen LogP contribution is -2.45. The van der Waals surface area contributed by atoms with Crippen molar-refractivity contribution >= 4 is 23.3 Å². The van der Waals surface area contributed by atoms with Gasteiger partial charge in [-0.1, -0.05) is 34.1 Å². The molecular formula is C23H39N3O2S. The van der Waals surface area contributed by atoms with E-state index in [-0.39, 0.29) is 23.3 Å². The van der Waals surface area contributed by atoms with Gasteiger partial charge in [0, 0.05) is 29.8 Å². The van der Waals surface area contributed by atoms with Crippen LogP contribution in [-0.2, 0) is 21.5 Å². The minimum Gasteiger partial charge on any atom is -0.356 e. The standard InChI is InChI=1S/C23H39N3O2S/c1-9-11-12-16-15-26(21(3,4)5)29-19(16)25-20(28)23(8)14-13-17(22(23,6)7)18(27)24-10-2/h15,17H,9-14H2,1-8H3,(H,24,27)/t17-,23+/m1/s1. The van der Waals surface area contributed by atoms with E-state index in [1.165, 1.54) is 0 Å². The molecule has 1 aromatic heterocycles. The Balaban J connectivity index is 2.43. The van der Waals surface area contributed by atoms with Crippen LogP contribution in [0.5, 0.6) is 0 Å². The number of nitrogens with one attached hydrogen (secondary N) is 1. The first-order valence-electron chi connectivity index (χ1n) is 11.0. The van der Waals surface area contributed by atoms with Crippen LogP contribution in [0.3, 0.4) is 0 Å². The van der Waals surface area contributed by atoms with Crippen LogP contribution in [0.15, 0.2) is 11.2 Å². The highest BCUT2D eigenvalue weighted by atomic mass is 32.1. The van der Waals surface area contributed by atoms with Crippen molar-refractivity contribution in [1.29, 1.82) is 0 Å². The fourth-order valence-electron chi connectivity index (χ4n) is 4.19. The van der Waals surface area contributed by atoms with E-state index in [1.54, 1.807) is 11.5 Å². The molecule has 1 aromatic rings. The van der Waals surface area contributed by atoms with Crippen molar-refractivity contribution in [3.05, 3.63) is 16.4 Å². The summed E-state index contributed by atoms with van der Waals surface area (Å²) in [6.07, 6.45) is 6.71. The minimum absolute atomic E-state index is 0.0394. The number of carbonyl (C=O) groups excluding carboxylic acids is 2. The molecule has 1 saturated carbocycles. The molecule has 0 saturated heterocycles. The highest BCUT2D eigenvalue weighted by Crippen LogP contribution is 2.56. The van der Waals surface area contributed by atoms with Gasteiger partial charge in [-0.05, 0) is 70.3 Å². The Labute approximate surface area is 180 Å². The van der Waals surface area contributed by atoms with Crippen molar-refractivity contribution < 1.29 is 9.59 Å². The third kappa shape index (κ3) is 4.68. The molecule has 1 fully saturated rings. The number of rotatable bonds is 6. The lowest BCUT2D eigenvalue weighted by atomic mass is 9.65. The van der Waals surface area contributed by atoms with Crippen LogP contribution in [-0.4, -0.2) is 22.3 Å². The number of aryl methyl sites for hydroxylation is 1. The Morgan fingerprint density at radius 1 is 1.28 bits per heavy atom. The molecule has 1 heterocycles. The van der Waals surface area contributed by atoms with Crippen LogP contribution >= 0.6 is 11.5 Å². The number of amides is 2. The summed E-state index contributed by atoms with van der Waals surface area (Å²) < 4.78 is 3.03. The van der Waals surface area contributed by atoms with Crippen molar-refractivity contribution in [2.24, 2.45) is 21.7 Å². The smallest absolute Gasteiger partial charge is 0.253 e. The van der Waals surface area contributed by atoms with Gasteiger partial charge in [-0.25, -0.2) is 4.99 Å². The van der Waals surface area contributed by atoms with Crippen LogP contribution in [0, 0.1) is 16.7 Å². The molecule has 0 aliphatic heterocycles. The second kappa shape index (κ2) is 8.75. The SMILES string of the molecule is CCCCc1cn(C(C)(C)C)sc1=NC(=O)[C@]1(C)CC[C@H](C(=O)NCC)C1(C)C. The van der Waals surface area contributed by atoms with Gasteiger partial charge in [0.05, 0.1) is 5.41 Å². The molecular weight excluding hydrogens is 382 g/mol. The summed E-state index contributed by atoms with van der Waals surface area (Å²) in [5, 5.41) is 2.94. The third-order valence-corrected chi connectivity index (χ3v) is 8.14. The second-order valence-corrected chi connectivity index (χ2v) is 11.1. The fraction of sp³-hybridized carbons (Fsp3) is 0.783. The van der Waals surface area contributed by atoms with Gasteiger partial charge in [0.2, 0.25) is 5.91 Å². The van der Waals surface area contributed by atoms with E-state index in [1.807, 2.05) is 13.8 Å². The molecule has 0 radical (unpaired) electrons. The van der Waals surface area contributed by atoms with E-state index in [2.05, 4.69) is 62.0 Å². The summed E-state index contributed by atoms with van der Waals surface area (Å²) in [5.41, 5.74) is 0.0388. The molecule has 164 valence electrons. The van der Waals surface area contributed by atoms with Crippen LogP contribution in [0.25, 0.3) is 0 Å². The van der Waals surface area contributed by atoms with Crippen molar-refractivity contribution in [2.75, 3.05) is 6.54 Å². The number of hydrogen-bond donors (Lipinski definition) is 1. The molecule has 2 atom stereocenters. The topological polar surface area (TPSA) is 63.5 Å². The summed E-state index contributed by atoms with van der Waals surface area (Å²) in [6.45, 7) is 17.3. The predicted molar refractivity (Wildman–Crippen MR) is 120 cm³/mol. The molecule has 5 nitrogen and oxygen atoms in total. The Kier molecular flexibility index (Phi) is 7.19. The van der Waals surface area contributed by atoms with Gasteiger partial charge < -0.3 is 5.32 Å². The summed E-state index contributed by atoms with van der Waals surface area (Å²) >= 11 is 1.57. The van der Waals surface area contributed by atoms with Crippen molar-refractivity contribution in [2.45, 2.75) is 93.0 Å². The van der Waals surface area contributed by atoms with E-state index >= 15 is 0 Å². The Hall–Kier alpha value is -1.43. The maximum absolute atomic E-state index is 13.5. The maximum atomic E-state index is 13.5. The normalized spacial score (nSPS) is 24.7. The molecule has 1 aliphatic carbocycles. The highest BCUT2D eigenvalue weighted by molar-refractivity contribution is 7.04. The molecule has 1 N–H and O–H groups in total. The Morgan fingerprint density at radius 3 is 2.48 bits per heavy atom. The van der Waals surface area contributed by atoms with Crippen molar-refractivity contribution in [3.8, 4) is 0 Å². The first-order valence-corrected chi connectivity index (χ1v) is 11.7. The summed E-state index contributed by atoms with van der Waals surface area (Å²) in [6, 6.07) is 0. The van der Waals surface area contributed by atoms with E-state index < -0.39 is 10.8 Å². The molecule has 0 unspecified atom stereocenters. The number of nitrogens with zero attached hydrogens (tertiary/aromatic N) is 2. The van der Waals surface area contributed by atoms with Crippen molar-refractivity contribution in [1.82, 2.24) is 9.27 Å². The highest BCUT2D eigenvalue weighted by Gasteiger charge is 2.57. The number of aromatic nitrogens is 1. The van der Waals surface area contributed by atoms with E-state index in [4.69, 9.17) is 0 Å². The zero-order chi connectivity index (χ0) is 22.0. The van der Waals surface area contributed by atoms with Crippen molar-refractivity contribution in [3.63, 3.8) is 0 Å². The summed E-state index contributed by atoms with van der Waals surface area (Å²) in [7, 11) is 0. The molecule has 2 amide bonds. The number of hydrogen-bond acceptors (Lipinski definition) is 3. The number of carbonyl (C=O) groups is 2. The quantitative estimate of drug-likeness (QED) is 0.726. The molecule has 2 rings (SSSR count). The monoisotopic (exact) mass is 421 g/mol. The second-order valence-electron chi connectivity index (χ2n) is 10.1. The van der Waals surface area contributed by atoms with E-state index in [0.29, 0.717) is 13.0 Å². The average Bonchev–Trinajstić information content (AvgIpc) is 3.12. The van der Waals surface area contributed by atoms with Gasteiger partial charge in [-0.15, -0.1) is 0 Å². The van der Waals surface area contributed by atoms with Crippen LogP contribution < -0.4 is 9.99 Å². The van der Waals surface area contributed by atoms with Crippen LogP contribution in [0.4, 0.5) is 0 Å². The average molecular weight is 422 g/mol. The molecule has 29 heavy (non-hydrogen) atoms. The first kappa shape index (κ1) is 23.8. The molecule has 0 aromatic carbocycles. The molecule has 0 spiro atoms. The fourth-order valence-corrected chi connectivity index (χ4v) is 5.23. The molecule has 6 heteroatoms. The van der Waals surface area contributed by atoms with E-state index in [9.17, 15) is 9.59 Å². The lowest BCUT2D eigenvalue weighted by Gasteiger charge is -2.38. The largest absolute Gasteiger partial charge is 0.356 e. The van der Waals surface area contributed by atoms with Crippen LogP contribution in [0.2, 0.25) is 0 Å². The van der Waals surface area contributed by atoms with Gasteiger partial charge in [0.25, 0.3) is 5.91 Å².